The lowest BCUT2D eigenvalue weighted by molar-refractivity contribution is 0.0595. The second-order valence-corrected chi connectivity index (χ2v) is 7.91. The minimum atomic E-state index is -0.0588. The topological polar surface area (TPSA) is 55.2 Å². The minimum absolute atomic E-state index is 0.0588. The number of thiophene rings is 1. The fraction of sp³-hybridized carbons (Fsp3) is 0.318. The maximum atomic E-state index is 12.7. The van der Waals surface area contributed by atoms with E-state index in [1.165, 1.54) is 4.88 Å². The summed E-state index contributed by atoms with van der Waals surface area (Å²) < 4.78 is 16.6. The van der Waals surface area contributed by atoms with E-state index >= 15 is 0 Å². The van der Waals surface area contributed by atoms with E-state index in [0.717, 1.165) is 31.1 Å². The molecule has 4 rings (SSSR count). The SMILES string of the molecule is COc1ccc(OCc2ccc(C(=O)N3CCN(Cc4cccs4)CC3)o2)cc1. The van der Waals surface area contributed by atoms with Crippen LogP contribution in [-0.2, 0) is 13.2 Å². The molecule has 0 atom stereocenters. The van der Waals surface area contributed by atoms with Crippen LogP contribution in [0.4, 0.5) is 0 Å². The van der Waals surface area contributed by atoms with Gasteiger partial charge in [-0.1, -0.05) is 6.07 Å². The Labute approximate surface area is 174 Å². The maximum absolute atomic E-state index is 12.7. The van der Waals surface area contributed by atoms with E-state index in [9.17, 15) is 4.79 Å². The van der Waals surface area contributed by atoms with Gasteiger partial charge in [-0.3, -0.25) is 9.69 Å². The molecule has 1 fully saturated rings. The molecule has 29 heavy (non-hydrogen) atoms. The molecule has 0 N–H and O–H groups in total. The van der Waals surface area contributed by atoms with Crippen molar-refractivity contribution in [2.75, 3.05) is 33.3 Å². The second kappa shape index (κ2) is 9.15. The molecule has 1 aromatic carbocycles. The zero-order chi connectivity index (χ0) is 20.1. The number of ether oxygens (including phenoxy) is 2. The van der Waals surface area contributed by atoms with Gasteiger partial charge in [-0.2, -0.15) is 0 Å². The molecule has 1 aliphatic rings. The molecule has 3 aromatic rings. The van der Waals surface area contributed by atoms with E-state index in [2.05, 4.69) is 22.4 Å². The van der Waals surface area contributed by atoms with Crippen molar-refractivity contribution in [3.8, 4) is 11.5 Å². The van der Waals surface area contributed by atoms with E-state index in [1.54, 1.807) is 30.6 Å². The Balaban J connectivity index is 1.27. The molecule has 0 radical (unpaired) electrons. The Hall–Kier alpha value is -2.77. The molecule has 0 saturated carbocycles. The van der Waals surface area contributed by atoms with Gasteiger partial charge < -0.3 is 18.8 Å². The number of carbonyl (C=O) groups excluding carboxylic acids is 1. The summed E-state index contributed by atoms with van der Waals surface area (Å²) in [7, 11) is 1.63. The Bertz CT molecular complexity index is 913. The fourth-order valence-corrected chi connectivity index (χ4v) is 4.03. The highest BCUT2D eigenvalue weighted by molar-refractivity contribution is 7.09. The standard InChI is InChI=1S/C22H24N2O4S/c1-26-17-4-6-18(7-5-17)27-16-19-8-9-21(28-19)22(25)24-12-10-23(11-13-24)15-20-3-2-14-29-20/h2-9,14H,10-13,15-16H2,1H3. The summed E-state index contributed by atoms with van der Waals surface area (Å²) in [4.78, 5) is 18.3. The molecule has 1 saturated heterocycles. The average Bonchev–Trinajstić information content (AvgIpc) is 3.45. The molecule has 0 spiro atoms. The van der Waals surface area contributed by atoms with Crippen LogP contribution in [0.1, 0.15) is 21.2 Å². The van der Waals surface area contributed by atoms with Crippen LogP contribution in [0.2, 0.25) is 0 Å². The predicted octanol–water partition coefficient (Wildman–Crippen LogP) is 3.89. The van der Waals surface area contributed by atoms with Crippen LogP contribution in [0.25, 0.3) is 0 Å². The summed E-state index contributed by atoms with van der Waals surface area (Å²) in [6.07, 6.45) is 0. The minimum Gasteiger partial charge on any atom is -0.497 e. The average molecular weight is 413 g/mol. The molecule has 0 unspecified atom stereocenters. The number of furan rings is 1. The third-order valence-electron chi connectivity index (χ3n) is 4.93. The van der Waals surface area contributed by atoms with Gasteiger partial charge in [-0.05, 0) is 47.8 Å². The predicted molar refractivity (Wildman–Crippen MR) is 112 cm³/mol. The van der Waals surface area contributed by atoms with Gasteiger partial charge in [-0.15, -0.1) is 11.3 Å². The fourth-order valence-electron chi connectivity index (χ4n) is 3.28. The number of rotatable bonds is 7. The van der Waals surface area contributed by atoms with Crippen molar-refractivity contribution in [1.82, 2.24) is 9.80 Å². The summed E-state index contributed by atoms with van der Waals surface area (Å²) in [6.45, 7) is 4.39. The third-order valence-corrected chi connectivity index (χ3v) is 5.79. The van der Waals surface area contributed by atoms with Crippen LogP contribution in [0, 0.1) is 0 Å². The molecule has 0 aliphatic carbocycles. The Morgan fingerprint density at radius 1 is 1.03 bits per heavy atom. The number of amides is 1. The Kier molecular flexibility index (Phi) is 6.17. The molecule has 6 nitrogen and oxygen atoms in total. The summed E-state index contributed by atoms with van der Waals surface area (Å²) in [6, 6.07) is 15.1. The summed E-state index contributed by atoms with van der Waals surface area (Å²) in [5, 5.41) is 2.10. The highest BCUT2D eigenvalue weighted by Crippen LogP contribution is 2.20. The number of methoxy groups -OCH3 is 1. The normalized spacial score (nSPS) is 14.7. The van der Waals surface area contributed by atoms with E-state index in [4.69, 9.17) is 13.9 Å². The quantitative estimate of drug-likeness (QED) is 0.589. The zero-order valence-corrected chi connectivity index (χ0v) is 17.2. The summed E-state index contributed by atoms with van der Waals surface area (Å²) >= 11 is 1.77. The monoisotopic (exact) mass is 412 g/mol. The highest BCUT2D eigenvalue weighted by atomic mass is 32.1. The van der Waals surface area contributed by atoms with Gasteiger partial charge in [-0.25, -0.2) is 0 Å². The first kappa shape index (κ1) is 19.5. The molecular weight excluding hydrogens is 388 g/mol. The number of hydrogen-bond acceptors (Lipinski definition) is 6. The first-order chi connectivity index (χ1) is 14.2. The van der Waals surface area contributed by atoms with E-state index in [0.29, 0.717) is 24.6 Å². The third kappa shape index (κ3) is 4.99. The smallest absolute Gasteiger partial charge is 0.289 e. The number of nitrogens with zero attached hydrogens (tertiary/aromatic N) is 2. The van der Waals surface area contributed by atoms with E-state index in [-0.39, 0.29) is 12.5 Å². The van der Waals surface area contributed by atoms with Gasteiger partial charge in [0.2, 0.25) is 0 Å². The van der Waals surface area contributed by atoms with Crippen LogP contribution >= 0.6 is 11.3 Å². The lowest BCUT2D eigenvalue weighted by atomic mass is 10.2. The highest BCUT2D eigenvalue weighted by Gasteiger charge is 2.24. The number of carbonyl (C=O) groups is 1. The molecular formula is C22H24N2O4S. The van der Waals surface area contributed by atoms with Gasteiger partial charge in [0.15, 0.2) is 5.76 Å². The molecule has 3 heterocycles. The number of hydrogen-bond donors (Lipinski definition) is 0. The largest absolute Gasteiger partial charge is 0.497 e. The van der Waals surface area contributed by atoms with Gasteiger partial charge in [0.1, 0.15) is 23.9 Å². The molecule has 7 heteroatoms. The van der Waals surface area contributed by atoms with Gasteiger partial charge in [0, 0.05) is 37.6 Å². The first-order valence-corrected chi connectivity index (χ1v) is 10.5. The van der Waals surface area contributed by atoms with Crippen LogP contribution in [0.3, 0.4) is 0 Å². The Morgan fingerprint density at radius 3 is 2.48 bits per heavy atom. The summed E-state index contributed by atoms with van der Waals surface area (Å²) in [5.74, 6) is 2.43. The first-order valence-electron chi connectivity index (χ1n) is 9.61. The van der Waals surface area contributed by atoms with Crippen molar-refractivity contribution in [3.63, 3.8) is 0 Å². The Morgan fingerprint density at radius 2 is 1.79 bits per heavy atom. The van der Waals surface area contributed by atoms with E-state index < -0.39 is 0 Å². The van der Waals surface area contributed by atoms with Crippen molar-refractivity contribution in [3.05, 3.63) is 70.3 Å². The molecule has 152 valence electrons. The van der Waals surface area contributed by atoms with Gasteiger partial charge in [0.25, 0.3) is 5.91 Å². The van der Waals surface area contributed by atoms with Crippen molar-refractivity contribution < 1.29 is 18.7 Å². The zero-order valence-electron chi connectivity index (χ0n) is 16.4. The molecule has 1 amide bonds. The summed E-state index contributed by atoms with van der Waals surface area (Å²) in [5.41, 5.74) is 0. The van der Waals surface area contributed by atoms with Crippen molar-refractivity contribution in [2.45, 2.75) is 13.2 Å². The van der Waals surface area contributed by atoms with Crippen molar-refractivity contribution in [1.29, 1.82) is 0 Å². The van der Waals surface area contributed by atoms with Crippen LogP contribution in [0.15, 0.2) is 58.3 Å². The van der Waals surface area contributed by atoms with Gasteiger partial charge >= 0.3 is 0 Å². The lowest BCUT2D eigenvalue weighted by Gasteiger charge is -2.34. The van der Waals surface area contributed by atoms with Crippen LogP contribution in [0.5, 0.6) is 11.5 Å². The molecule has 2 aromatic heterocycles. The van der Waals surface area contributed by atoms with E-state index in [1.807, 2.05) is 29.2 Å². The van der Waals surface area contributed by atoms with Crippen LogP contribution in [-0.4, -0.2) is 49.0 Å². The number of benzene rings is 1. The van der Waals surface area contributed by atoms with Crippen LogP contribution < -0.4 is 9.47 Å². The second-order valence-electron chi connectivity index (χ2n) is 6.88. The molecule has 1 aliphatic heterocycles. The van der Waals surface area contributed by atoms with Crippen molar-refractivity contribution in [2.24, 2.45) is 0 Å². The lowest BCUT2D eigenvalue weighted by Crippen LogP contribution is -2.48. The van der Waals surface area contributed by atoms with Crippen molar-refractivity contribution >= 4 is 17.2 Å². The maximum Gasteiger partial charge on any atom is 0.289 e. The van der Waals surface area contributed by atoms with Gasteiger partial charge in [0.05, 0.1) is 7.11 Å². The number of piperazine rings is 1. The molecule has 0 bridgehead atoms.